The maximum atomic E-state index is 13.8. The first-order chi connectivity index (χ1) is 16.6. The van der Waals surface area contributed by atoms with Gasteiger partial charge in [-0.25, -0.2) is 9.97 Å². The lowest BCUT2D eigenvalue weighted by atomic mass is 10.0. The van der Waals surface area contributed by atoms with E-state index in [1.54, 1.807) is 6.20 Å². The van der Waals surface area contributed by atoms with Gasteiger partial charge in [0, 0.05) is 29.4 Å². The molecule has 3 aliphatic rings. The number of fused-ring (bicyclic) bond motifs is 2. The summed E-state index contributed by atoms with van der Waals surface area (Å²) in [6, 6.07) is 2.24. The molecule has 2 amide bonds. The number of anilines is 1. The van der Waals surface area contributed by atoms with Gasteiger partial charge in [-0.1, -0.05) is 0 Å². The highest BCUT2D eigenvalue weighted by Gasteiger charge is 2.44. The lowest BCUT2D eigenvalue weighted by molar-refractivity contribution is 0.0725. The average Bonchev–Trinajstić information content (AvgIpc) is 3.57. The predicted octanol–water partition coefficient (Wildman–Crippen LogP) is 4.13. The molecule has 35 heavy (non-hydrogen) atoms. The number of aromatic nitrogens is 2. The van der Waals surface area contributed by atoms with Crippen LogP contribution < -0.4 is 10.6 Å². The monoisotopic (exact) mass is 497 g/mol. The number of carbonyl (C=O) groups is 2. The van der Waals surface area contributed by atoms with E-state index in [1.807, 2.05) is 17.9 Å². The van der Waals surface area contributed by atoms with Crippen molar-refractivity contribution < 1.29 is 14.7 Å². The van der Waals surface area contributed by atoms with Crippen LogP contribution in [-0.2, 0) is 0 Å². The second-order valence-electron chi connectivity index (χ2n) is 11.2. The van der Waals surface area contributed by atoms with Gasteiger partial charge in [0.15, 0.2) is 5.01 Å². The van der Waals surface area contributed by atoms with Crippen molar-refractivity contribution in [1.29, 1.82) is 0 Å². The van der Waals surface area contributed by atoms with E-state index >= 15 is 0 Å². The molecule has 2 atom stereocenters. The largest absolute Gasteiger partial charge is 0.391 e. The summed E-state index contributed by atoms with van der Waals surface area (Å²) in [6.45, 7) is 8.23. The number of aliphatic hydroxyl groups is 1. The Balaban J connectivity index is 1.50. The number of rotatable bonds is 5. The number of hydrogen-bond donors (Lipinski definition) is 3. The van der Waals surface area contributed by atoms with E-state index in [0.717, 1.165) is 55.5 Å². The fourth-order valence-corrected chi connectivity index (χ4v) is 6.73. The minimum atomic E-state index is -0.533. The molecule has 1 aliphatic carbocycles. The molecule has 188 valence electrons. The summed E-state index contributed by atoms with van der Waals surface area (Å²) < 4.78 is 0. The molecule has 2 aromatic rings. The predicted molar refractivity (Wildman–Crippen MR) is 137 cm³/mol. The molecule has 2 aromatic heterocycles. The molecule has 0 spiro atoms. The normalized spacial score (nSPS) is 25.8. The Labute approximate surface area is 210 Å². The summed E-state index contributed by atoms with van der Waals surface area (Å²) in [5.74, 6) is 0.349. The van der Waals surface area contributed by atoms with Crippen LogP contribution in [0, 0.1) is 6.92 Å². The second kappa shape index (κ2) is 9.17. The molecular formula is C26H35N5O3S. The Hall–Kier alpha value is -2.52. The summed E-state index contributed by atoms with van der Waals surface area (Å²) in [5, 5.41) is 16.7. The minimum absolute atomic E-state index is 0.0857. The van der Waals surface area contributed by atoms with Gasteiger partial charge in [-0.05, 0) is 84.3 Å². The molecule has 0 aromatic carbocycles. The van der Waals surface area contributed by atoms with Crippen LogP contribution in [0.1, 0.15) is 91.6 Å². The van der Waals surface area contributed by atoms with Crippen LogP contribution in [0.4, 0.5) is 5.82 Å². The van der Waals surface area contributed by atoms with Crippen molar-refractivity contribution in [3.05, 3.63) is 28.5 Å². The number of hydrogen-bond acceptors (Lipinski definition) is 7. The number of pyridine rings is 1. The first kappa shape index (κ1) is 24.2. The highest BCUT2D eigenvalue weighted by molar-refractivity contribution is 7.17. The van der Waals surface area contributed by atoms with E-state index in [4.69, 9.17) is 0 Å². The van der Waals surface area contributed by atoms with Crippen molar-refractivity contribution in [2.24, 2.45) is 0 Å². The number of aliphatic hydroxyl groups excluding tert-OH is 1. The zero-order chi connectivity index (χ0) is 24.9. The summed E-state index contributed by atoms with van der Waals surface area (Å²) in [7, 11) is 0. The van der Waals surface area contributed by atoms with Crippen LogP contribution in [0.5, 0.6) is 0 Å². The van der Waals surface area contributed by atoms with Gasteiger partial charge in [-0.3, -0.25) is 9.59 Å². The summed E-state index contributed by atoms with van der Waals surface area (Å²) in [4.78, 5) is 38.8. The molecule has 9 heteroatoms. The standard InChI is InChI=1S/C26H35N5O3S/c1-14-12-20(30-26(2,3)4)27-13-17(14)22-21(25(34)31-15-8-9-16(31)11-10-15)29-24(35-22)23(33)28-18-6-5-7-19(18)32/h12-13,15-16,18-19,32H,5-11H2,1-4H3,(H,27,30)(H,28,33)/t15?,16?,18-,19-/m0/s1. The Kier molecular flexibility index (Phi) is 6.34. The first-order valence-corrected chi connectivity index (χ1v) is 13.5. The molecule has 4 heterocycles. The third kappa shape index (κ3) is 4.80. The van der Waals surface area contributed by atoms with Crippen LogP contribution in [0.25, 0.3) is 10.4 Å². The molecule has 1 saturated carbocycles. The van der Waals surface area contributed by atoms with Crippen molar-refractivity contribution in [1.82, 2.24) is 20.2 Å². The molecule has 3 fully saturated rings. The van der Waals surface area contributed by atoms with E-state index in [-0.39, 0.29) is 40.5 Å². The van der Waals surface area contributed by atoms with E-state index in [0.29, 0.717) is 17.0 Å². The maximum Gasteiger partial charge on any atom is 0.280 e. The molecular weight excluding hydrogens is 462 g/mol. The van der Waals surface area contributed by atoms with Gasteiger partial charge in [-0.2, -0.15) is 0 Å². The van der Waals surface area contributed by atoms with Crippen molar-refractivity contribution in [2.45, 2.75) is 102 Å². The molecule has 5 rings (SSSR count). The van der Waals surface area contributed by atoms with Crippen LogP contribution in [-0.4, -0.2) is 61.6 Å². The molecule has 3 N–H and O–H groups in total. The molecule has 0 unspecified atom stereocenters. The average molecular weight is 498 g/mol. The third-order valence-corrected chi connectivity index (χ3v) is 8.45. The van der Waals surface area contributed by atoms with Crippen LogP contribution >= 0.6 is 11.3 Å². The Morgan fingerprint density at radius 1 is 1.11 bits per heavy atom. The number of thiazole rings is 1. The fourth-order valence-electron chi connectivity index (χ4n) is 5.70. The minimum Gasteiger partial charge on any atom is -0.391 e. The topological polar surface area (TPSA) is 107 Å². The highest BCUT2D eigenvalue weighted by atomic mass is 32.1. The van der Waals surface area contributed by atoms with Gasteiger partial charge in [0.05, 0.1) is 17.0 Å². The van der Waals surface area contributed by atoms with Gasteiger partial charge < -0.3 is 20.6 Å². The Bertz CT molecular complexity index is 1120. The molecule has 0 radical (unpaired) electrons. The summed E-state index contributed by atoms with van der Waals surface area (Å²) in [6.07, 6.45) is 7.72. The smallest absolute Gasteiger partial charge is 0.280 e. The number of nitrogens with one attached hydrogen (secondary N) is 2. The van der Waals surface area contributed by atoms with Gasteiger partial charge in [-0.15, -0.1) is 11.3 Å². The van der Waals surface area contributed by atoms with E-state index in [2.05, 4.69) is 41.4 Å². The zero-order valence-corrected chi connectivity index (χ0v) is 21.7. The lowest BCUT2D eigenvalue weighted by Crippen LogP contribution is -2.40. The summed E-state index contributed by atoms with van der Waals surface area (Å²) >= 11 is 1.24. The first-order valence-electron chi connectivity index (χ1n) is 12.7. The zero-order valence-electron chi connectivity index (χ0n) is 20.9. The quantitative estimate of drug-likeness (QED) is 0.573. The SMILES string of the molecule is Cc1cc(NC(C)(C)C)ncc1-c1sc(C(=O)N[C@H]2CCC[C@@H]2O)nc1C(=O)N1C2CCC1CC2. The van der Waals surface area contributed by atoms with Crippen LogP contribution in [0.3, 0.4) is 0 Å². The lowest BCUT2D eigenvalue weighted by Gasteiger charge is -2.22. The highest BCUT2D eigenvalue weighted by Crippen LogP contribution is 2.41. The Morgan fingerprint density at radius 2 is 1.80 bits per heavy atom. The number of amides is 2. The van der Waals surface area contributed by atoms with Gasteiger partial charge in [0.2, 0.25) is 0 Å². The van der Waals surface area contributed by atoms with Gasteiger partial charge >= 0.3 is 0 Å². The van der Waals surface area contributed by atoms with Crippen molar-refractivity contribution in [2.75, 3.05) is 5.32 Å². The number of nitrogens with zero attached hydrogens (tertiary/aromatic N) is 3. The maximum absolute atomic E-state index is 13.8. The summed E-state index contributed by atoms with van der Waals surface area (Å²) in [5.41, 5.74) is 1.99. The van der Waals surface area contributed by atoms with Crippen molar-refractivity contribution in [3.63, 3.8) is 0 Å². The van der Waals surface area contributed by atoms with Gasteiger partial charge in [0.25, 0.3) is 11.8 Å². The molecule has 8 nitrogen and oxygen atoms in total. The third-order valence-electron chi connectivity index (χ3n) is 7.37. The van der Waals surface area contributed by atoms with Gasteiger partial charge in [0.1, 0.15) is 11.5 Å². The van der Waals surface area contributed by atoms with Crippen molar-refractivity contribution >= 4 is 29.0 Å². The number of aryl methyl sites for hydroxylation is 1. The van der Waals surface area contributed by atoms with Crippen LogP contribution in [0.2, 0.25) is 0 Å². The van der Waals surface area contributed by atoms with Crippen LogP contribution in [0.15, 0.2) is 12.3 Å². The van der Waals surface area contributed by atoms with Crippen molar-refractivity contribution in [3.8, 4) is 10.4 Å². The molecule has 2 saturated heterocycles. The molecule has 2 bridgehead atoms. The fraction of sp³-hybridized carbons (Fsp3) is 0.615. The van der Waals surface area contributed by atoms with E-state index < -0.39 is 6.10 Å². The second-order valence-corrected chi connectivity index (χ2v) is 12.2. The Morgan fingerprint density at radius 3 is 2.37 bits per heavy atom. The van der Waals surface area contributed by atoms with E-state index in [9.17, 15) is 14.7 Å². The number of carbonyl (C=O) groups excluding carboxylic acids is 2. The van der Waals surface area contributed by atoms with E-state index in [1.165, 1.54) is 11.3 Å². The molecule has 2 aliphatic heterocycles.